The van der Waals surface area contributed by atoms with Gasteiger partial charge in [-0.2, -0.15) is 5.10 Å². The van der Waals surface area contributed by atoms with E-state index in [9.17, 15) is 13.2 Å². The highest BCUT2D eigenvalue weighted by molar-refractivity contribution is 7.90. The second kappa shape index (κ2) is 7.96. The molecule has 0 unspecified atom stereocenters. The van der Waals surface area contributed by atoms with E-state index in [0.29, 0.717) is 33.5 Å². The molecule has 1 aliphatic rings. The molecule has 5 rings (SSSR count). The summed E-state index contributed by atoms with van der Waals surface area (Å²) in [5.74, 6) is 0.181. The highest BCUT2D eigenvalue weighted by Crippen LogP contribution is 2.33. The zero-order valence-electron chi connectivity index (χ0n) is 16.8. The molecule has 2 heterocycles. The Morgan fingerprint density at radius 2 is 1.78 bits per heavy atom. The number of halogens is 1. The third kappa shape index (κ3) is 3.94. The van der Waals surface area contributed by atoms with Crippen LogP contribution in [-0.4, -0.2) is 30.7 Å². The first-order chi connectivity index (χ1) is 15.4. The fourth-order valence-corrected chi connectivity index (χ4v) is 5.39. The Balaban J connectivity index is 1.41. The Hall–Kier alpha value is -3.36. The highest BCUT2D eigenvalue weighted by Gasteiger charge is 2.33. The SMILES string of the molecule is O=C(COc1cccc2ccccc12)Nc1c2c(nn1-c1ccc(Cl)cc1)CS(=O)(=O)C2. The van der Waals surface area contributed by atoms with E-state index in [-0.39, 0.29) is 18.1 Å². The van der Waals surface area contributed by atoms with Gasteiger partial charge in [0.1, 0.15) is 11.6 Å². The number of fused-ring (bicyclic) bond motifs is 2. The maximum atomic E-state index is 12.8. The van der Waals surface area contributed by atoms with E-state index in [4.69, 9.17) is 16.3 Å². The van der Waals surface area contributed by atoms with E-state index in [1.54, 1.807) is 30.3 Å². The minimum absolute atomic E-state index is 0.154. The molecule has 0 atom stereocenters. The number of nitrogens with zero attached hydrogens (tertiary/aromatic N) is 2. The van der Waals surface area contributed by atoms with Gasteiger partial charge in [0.25, 0.3) is 5.91 Å². The molecule has 0 fully saturated rings. The molecule has 162 valence electrons. The predicted octanol–water partition coefficient (Wildman–Crippen LogP) is 4.12. The van der Waals surface area contributed by atoms with Gasteiger partial charge in [-0.15, -0.1) is 0 Å². The number of hydrogen-bond donors (Lipinski definition) is 1. The quantitative estimate of drug-likeness (QED) is 0.476. The first kappa shape index (κ1) is 20.5. The molecule has 7 nitrogen and oxygen atoms in total. The van der Waals surface area contributed by atoms with Crippen LogP contribution in [0.4, 0.5) is 5.82 Å². The average molecular weight is 468 g/mol. The maximum Gasteiger partial charge on any atom is 0.263 e. The monoisotopic (exact) mass is 467 g/mol. The molecule has 32 heavy (non-hydrogen) atoms. The lowest BCUT2D eigenvalue weighted by Crippen LogP contribution is -2.23. The van der Waals surface area contributed by atoms with Gasteiger partial charge in [-0.05, 0) is 35.7 Å². The van der Waals surface area contributed by atoms with Gasteiger partial charge in [0.05, 0.1) is 22.9 Å². The van der Waals surface area contributed by atoms with Crippen molar-refractivity contribution in [2.24, 2.45) is 0 Å². The number of nitrogens with one attached hydrogen (secondary N) is 1. The molecule has 1 aliphatic heterocycles. The molecular formula is C23H18ClN3O4S. The van der Waals surface area contributed by atoms with Gasteiger partial charge in [0.2, 0.25) is 0 Å². The summed E-state index contributed by atoms with van der Waals surface area (Å²) in [6, 6.07) is 20.3. The van der Waals surface area contributed by atoms with Crippen molar-refractivity contribution in [2.45, 2.75) is 11.5 Å². The van der Waals surface area contributed by atoms with Crippen molar-refractivity contribution in [1.29, 1.82) is 0 Å². The molecule has 0 bridgehead atoms. The summed E-state index contributed by atoms with van der Waals surface area (Å²) in [6.07, 6.45) is 0. The molecule has 4 aromatic rings. The molecule has 0 saturated carbocycles. The van der Waals surface area contributed by atoms with Crippen LogP contribution in [0.3, 0.4) is 0 Å². The Bertz CT molecular complexity index is 1440. The minimum Gasteiger partial charge on any atom is -0.483 e. The van der Waals surface area contributed by atoms with Gasteiger partial charge in [-0.25, -0.2) is 13.1 Å². The minimum atomic E-state index is -3.29. The zero-order valence-corrected chi connectivity index (χ0v) is 18.4. The summed E-state index contributed by atoms with van der Waals surface area (Å²) in [7, 11) is -3.29. The van der Waals surface area contributed by atoms with Gasteiger partial charge < -0.3 is 10.1 Å². The average Bonchev–Trinajstić information content (AvgIpc) is 3.25. The summed E-state index contributed by atoms with van der Waals surface area (Å²) in [5.41, 5.74) is 1.59. The summed E-state index contributed by atoms with van der Waals surface area (Å²) >= 11 is 5.98. The standard InChI is InChI=1S/C23H18ClN3O4S/c24-16-8-10-17(11-9-16)27-23(19-13-32(29,30)14-20(19)26-27)25-22(28)12-31-21-7-3-5-15-4-1-2-6-18(15)21/h1-11H,12-14H2,(H,25,28). The summed E-state index contributed by atoms with van der Waals surface area (Å²) in [5, 5.41) is 9.71. The number of ether oxygens (including phenoxy) is 1. The molecule has 1 aromatic heterocycles. The number of rotatable bonds is 5. The van der Waals surface area contributed by atoms with Crippen LogP contribution in [0.25, 0.3) is 16.5 Å². The fourth-order valence-electron chi connectivity index (χ4n) is 3.77. The van der Waals surface area contributed by atoms with Gasteiger partial charge in [0.15, 0.2) is 16.4 Å². The van der Waals surface area contributed by atoms with E-state index >= 15 is 0 Å². The molecular weight excluding hydrogens is 450 g/mol. The van der Waals surface area contributed by atoms with Crippen LogP contribution in [0.2, 0.25) is 5.02 Å². The first-order valence-electron chi connectivity index (χ1n) is 9.87. The lowest BCUT2D eigenvalue weighted by molar-refractivity contribution is -0.118. The van der Waals surface area contributed by atoms with E-state index in [1.165, 1.54) is 4.68 Å². The summed E-state index contributed by atoms with van der Waals surface area (Å²) in [6.45, 7) is -0.235. The van der Waals surface area contributed by atoms with Crippen LogP contribution in [-0.2, 0) is 26.1 Å². The van der Waals surface area contributed by atoms with Gasteiger partial charge in [-0.1, -0.05) is 48.0 Å². The lowest BCUT2D eigenvalue weighted by atomic mass is 10.1. The normalized spacial score (nSPS) is 14.3. The topological polar surface area (TPSA) is 90.3 Å². The highest BCUT2D eigenvalue weighted by atomic mass is 35.5. The number of carbonyl (C=O) groups excluding carboxylic acids is 1. The van der Waals surface area contributed by atoms with Crippen LogP contribution in [0.1, 0.15) is 11.3 Å². The summed E-state index contributed by atoms with van der Waals surface area (Å²) in [4.78, 5) is 12.8. The number of carbonyl (C=O) groups is 1. The molecule has 0 spiro atoms. The second-order valence-corrected chi connectivity index (χ2v) is 10.0. The fraction of sp³-hybridized carbons (Fsp3) is 0.130. The van der Waals surface area contributed by atoms with Crippen LogP contribution >= 0.6 is 11.6 Å². The molecule has 9 heteroatoms. The van der Waals surface area contributed by atoms with Gasteiger partial charge >= 0.3 is 0 Å². The molecule has 0 aliphatic carbocycles. The van der Waals surface area contributed by atoms with Crippen molar-refractivity contribution in [3.05, 3.63) is 83.0 Å². The Morgan fingerprint density at radius 3 is 2.59 bits per heavy atom. The van der Waals surface area contributed by atoms with Crippen molar-refractivity contribution in [3.63, 3.8) is 0 Å². The molecule has 1 amide bonds. The number of anilines is 1. The largest absolute Gasteiger partial charge is 0.483 e. The van der Waals surface area contributed by atoms with Crippen molar-refractivity contribution in [3.8, 4) is 11.4 Å². The zero-order chi connectivity index (χ0) is 22.3. The van der Waals surface area contributed by atoms with E-state index in [1.807, 2.05) is 36.4 Å². The predicted molar refractivity (Wildman–Crippen MR) is 123 cm³/mol. The van der Waals surface area contributed by atoms with Gasteiger partial charge in [0, 0.05) is 16.0 Å². The van der Waals surface area contributed by atoms with E-state index in [2.05, 4.69) is 10.4 Å². The first-order valence-corrected chi connectivity index (χ1v) is 12.1. The van der Waals surface area contributed by atoms with Crippen LogP contribution < -0.4 is 10.1 Å². The smallest absolute Gasteiger partial charge is 0.263 e. The molecule has 1 N–H and O–H groups in total. The molecule has 3 aromatic carbocycles. The Morgan fingerprint density at radius 1 is 1.03 bits per heavy atom. The number of sulfone groups is 1. The number of amides is 1. The summed E-state index contributed by atoms with van der Waals surface area (Å²) < 4.78 is 31.5. The van der Waals surface area contributed by atoms with Crippen LogP contribution in [0.5, 0.6) is 5.75 Å². The van der Waals surface area contributed by atoms with Crippen molar-refractivity contribution >= 4 is 43.9 Å². The molecule has 0 radical (unpaired) electrons. The van der Waals surface area contributed by atoms with E-state index < -0.39 is 15.7 Å². The second-order valence-electron chi connectivity index (χ2n) is 7.51. The van der Waals surface area contributed by atoms with Crippen molar-refractivity contribution in [2.75, 3.05) is 11.9 Å². The van der Waals surface area contributed by atoms with Gasteiger partial charge in [-0.3, -0.25) is 4.79 Å². The Kier molecular flexibility index (Phi) is 5.11. The third-order valence-corrected chi connectivity index (χ3v) is 6.92. The third-order valence-electron chi connectivity index (χ3n) is 5.23. The number of hydrogen-bond acceptors (Lipinski definition) is 5. The van der Waals surface area contributed by atoms with Crippen molar-refractivity contribution < 1.29 is 17.9 Å². The van der Waals surface area contributed by atoms with Crippen molar-refractivity contribution in [1.82, 2.24) is 9.78 Å². The number of aromatic nitrogens is 2. The van der Waals surface area contributed by atoms with Crippen LogP contribution in [0.15, 0.2) is 66.7 Å². The lowest BCUT2D eigenvalue weighted by Gasteiger charge is -2.12. The van der Waals surface area contributed by atoms with Crippen LogP contribution in [0, 0.1) is 0 Å². The number of benzene rings is 3. The Labute approximate surface area is 189 Å². The van der Waals surface area contributed by atoms with E-state index in [0.717, 1.165) is 10.8 Å². The molecule has 0 saturated heterocycles. The maximum absolute atomic E-state index is 12.8.